The Labute approximate surface area is 140 Å². The Balaban J connectivity index is 2.61. The zero-order valence-electron chi connectivity index (χ0n) is 12.6. The van der Waals surface area contributed by atoms with E-state index in [1.54, 1.807) is 25.1 Å². The molecule has 0 bridgehead atoms. The molecule has 0 unspecified atom stereocenters. The lowest BCUT2D eigenvalue weighted by Gasteiger charge is -2.16. The molecule has 3 N–H and O–H groups in total. The fourth-order valence-corrected chi connectivity index (χ4v) is 2.48. The van der Waals surface area contributed by atoms with Crippen molar-refractivity contribution in [2.45, 2.75) is 18.0 Å². The van der Waals surface area contributed by atoms with Gasteiger partial charge in [-0.1, -0.05) is 6.07 Å². The third kappa shape index (κ3) is 4.21. The highest BCUT2D eigenvalue weighted by Gasteiger charge is 2.31. The molecule has 0 amide bonds. The number of hydrogen-bond donors (Lipinski definition) is 2. The minimum Gasteiger partial charge on any atom is -0.481 e. The van der Waals surface area contributed by atoms with Crippen molar-refractivity contribution in [3.63, 3.8) is 0 Å². The van der Waals surface area contributed by atoms with Crippen molar-refractivity contribution in [1.29, 1.82) is 0 Å². The predicted octanol–water partition coefficient (Wildman–Crippen LogP) is 4.11. The van der Waals surface area contributed by atoms with Gasteiger partial charge in [0.15, 0.2) is 6.61 Å². The Morgan fingerprint density at radius 3 is 2.50 bits per heavy atom. The third-order valence-electron chi connectivity index (χ3n) is 3.29. The van der Waals surface area contributed by atoms with E-state index in [0.717, 1.165) is 30.1 Å². The van der Waals surface area contributed by atoms with Crippen LogP contribution in [0.5, 0.6) is 5.75 Å². The number of carboxylic acid groups (broad SMARTS) is 1. The number of rotatable bonds is 5. The summed E-state index contributed by atoms with van der Waals surface area (Å²) in [5.74, 6) is -1.16. The number of aliphatic carboxylic acids is 1. The summed E-state index contributed by atoms with van der Waals surface area (Å²) in [5, 5.41) is 14.2. The van der Waals surface area contributed by atoms with Crippen LogP contribution in [0.4, 0.5) is 13.2 Å². The van der Waals surface area contributed by atoms with E-state index < -0.39 is 24.3 Å². The average molecular weight is 357 g/mol. The van der Waals surface area contributed by atoms with Crippen LogP contribution in [0.2, 0.25) is 0 Å². The van der Waals surface area contributed by atoms with E-state index in [0.29, 0.717) is 16.0 Å². The highest BCUT2D eigenvalue weighted by Crippen LogP contribution is 2.39. The second-order valence-electron chi connectivity index (χ2n) is 4.99. The predicted molar refractivity (Wildman–Crippen MR) is 84.8 cm³/mol. The zero-order chi connectivity index (χ0) is 17.9. The number of alkyl halides is 3. The minimum atomic E-state index is -4.52. The van der Waals surface area contributed by atoms with Crippen molar-refractivity contribution in [1.82, 2.24) is 0 Å². The molecular formula is C16H14F3NO3S. The molecule has 2 rings (SSSR count). The summed E-state index contributed by atoms with van der Waals surface area (Å²) in [6.45, 7) is 1.09. The van der Waals surface area contributed by atoms with Gasteiger partial charge in [0.05, 0.1) is 5.56 Å². The van der Waals surface area contributed by atoms with Crippen molar-refractivity contribution in [2.75, 3.05) is 6.61 Å². The number of hydrogen-bond acceptors (Lipinski definition) is 4. The van der Waals surface area contributed by atoms with Crippen LogP contribution >= 0.6 is 11.9 Å². The van der Waals surface area contributed by atoms with Crippen molar-refractivity contribution in [3.8, 4) is 16.9 Å². The summed E-state index contributed by atoms with van der Waals surface area (Å²) in [5.41, 5.74) is 0.536. The lowest BCUT2D eigenvalue weighted by molar-refractivity contribution is -0.140. The van der Waals surface area contributed by atoms with Crippen LogP contribution in [0.15, 0.2) is 41.3 Å². The van der Waals surface area contributed by atoms with E-state index in [-0.39, 0.29) is 11.3 Å². The molecule has 0 saturated carbocycles. The van der Waals surface area contributed by atoms with Crippen molar-refractivity contribution in [3.05, 3.63) is 47.5 Å². The van der Waals surface area contributed by atoms with Crippen LogP contribution in [0, 0.1) is 6.92 Å². The van der Waals surface area contributed by atoms with E-state index in [4.69, 9.17) is 15.0 Å². The quantitative estimate of drug-likeness (QED) is 0.788. The summed E-state index contributed by atoms with van der Waals surface area (Å²) in [4.78, 5) is 11.4. The summed E-state index contributed by atoms with van der Waals surface area (Å²) in [6.07, 6.45) is -4.52. The molecule has 0 fully saturated rings. The second-order valence-corrected chi connectivity index (χ2v) is 5.69. The molecule has 128 valence electrons. The third-order valence-corrected chi connectivity index (χ3v) is 3.82. The number of nitrogens with two attached hydrogens (primary N) is 1. The first-order valence-corrected chi connectivity index (χ1v) is 7.64. The lowest BCUT2D eigenvalue weighted by Crippen LogP contribution is -2.11. The van der Waals surface area contributed by atoms with Crippen molar-refractivity contribution in [2.24, 2.45) is 5.14 Å². The molecule has 0 saturated heterocycles. The first-order valence-electron chi connectivity index (χ1n) is 6.76. The van der Waals surface area contributed by atoms with Gasteiger partial charge in [0.1, 0.15) is 5.75 Å². The van der Waals surface area contributed by atoms with E-state index in [1.807, 2.05) is 0 Å². The number of benzene rings is 2. The summed E-state index contributed by atoms with van der Waals surface area (Å²) in [7, 11) is 0. The fraction of sp³-hybridized carbons (Fsp3) is 0.188. The minimum absolute atomic E-state index is 0.0627. The maximum atomic E-state index is 13.0. The Hall–Kier alpha value is -2.19. The molecule has 8 heteroatoms. The van der Waals surface area contributed by atoms with Gasteiger partial charge in [0.2, 0.25) is 0 Å². The number of carboxylic acids is 1. The van der Waals surface area contributed by atoms with Gasteiger partial charge in [-0.05, 0) is 60.3 Å². The molecule has 2 aromatic carbocycles. The van der Waals surface area contributed by atoms with Crippen LogP contribution in [0.25, 0.3) is 11.1 Å². The molecule has 2 aromatic rings. The van der Waals surface area contributed by atoms with Crippen LogP contribution in [0.1, 0.15) is 11.1 Å². The van der Waals surface area contributed by atoms with Crippen molar-refractivity contribution < 1.29 is 27.8 Å². The van der Waals surface area contributed by atoms with E-state index >= 15 is 0 Å². The van der Waals surface area contributed by atoms with Gasteiger partial charge in [-0.15, -0.1) is 0 Å². The number of halogens is 3. The summed E-state index contributed by atoms with van der Waals surface area (Å²) in [6, 6.07) is 8.05. The number of ether oxygens (including phenoxy) is 1. The second kappa shape index (κ2) is 7.14. The van der Waals surface area contributed by atoms with E-state index in [9.17, 15) is 18.0 Å². The maximum absolute atomic E-state index is 13.0. The normalized spacial score (nSPS) is 11.4. The van der Waals surface area contributed by atoms with Gasteiger partial charge in [-0.2, -0.15) is 13.2 Å². The summed E-state index contributed by atoms with van der Waals surface area (Å²) < 4.78 is 44.2. The monoisotopic (exact) mass is 357 g/mol. The molecule has 24 heavy (non-hydrogen) atoms. The zero-order valence-corrected chi connectivity index (χ0v) is 13.4. The molecule has 0 aliphatic heterocycles. The van der Waals surface area contributed by atoms with Gasteiger partial charge in [0, 0.05) is 10.5 Å². The molecule has 0 aliphatic rings. The molecule has 0 atom stereocenters. The molecule has 0 spiro atoms. The van der Waals surface area contributed by atoms with E-state index in [2.05, 4.69) is 0 Å². The van der Waals surface area contributed by atoms with Crippen molar-refractivity contribution >= 4 is 17.9 Å². The van der Waals surface area contributed by atoms with Crippen LogP contribution in [0.3, 0.4) is 0 Å². The fourth-order valence-electron chi connectivity index (χ4n) is 2.15. The highest BCUT2D eigenvalue weighted by atomic mass is 32.2. The van der Waals surface area contributed by atoms with Gasteiger partial charge in [-0.3, -0.25) is 5.14 Å². The SMILES string of the molecule is Cc1ccc(SN)cc1-c1cc(C(F)(F)F)ccc1OCC(=O)O. The molecule has 0 aromatic heterocycles. The Bertz CT molecular complexity index is 763. The van der Waals surface area contributed by atoms with Gasteiger partial charge in [-0.25, -0.2) is 4.79 Å². The molecule has 0 radical (unpaired) electrons. The van der Waals surface area contributed by atoms with E-state index in [1.165, 1.54) is 0 Å². The molecule has 4 nitrogen and oxygen atoms in total. The molecule has 0 aliphatic carbocycles. The lowest BCUT2D eigenvalue weighted by atomic mass is 9.97. The van der Waals surface area contributed by atoms with Crippen LogP contribution < -0.4 is 9.88 Å². The molecule has 0 heterocycles. The first kappa shape index (κ1) is 18.2. The smallest absolute Gasteiger partial charge is 0.416 e. The standard InChI is InChI=1S/C16H14F3NO3S/c1-9-2-4-11(24-20)7-12(9)13-6-10(16(17,18)19)3-5-14(13)23-8-15(21)22/h2-7H,8,20H2,1H3,(H,21,22). The Morgan fingerprint density at radius 2 is 1.92 bits per heavy atom. The highest BCUT2D eigenvalue weighted by molar-refractivity contribution is 7.97. The van der Waals surface area contributed by atoms with Crippen LogP contribution in [-0.4, -0.2) is 17.7 Å². The number of carbonyl (C=O) groups is 1. The van der Waals surface area contributed by atoms with Crippen LogP contribution in [-0.2, 0) is 11.0 Å². The Morgan fingerprint density at radius 1 is 1.21 bits per heavy atom. The summed E-state index contributed by atoms with van der Waals surface area (Å²) >= 11 is 0.963. The topological polar surface area (TPSA) is 72.5 Å². The average Bonchev–Trinajstić information content (AvgIpc) is 2.52. The number of aryl methyl sites for hydroxylation is 1. The maximum Gasteiger partial charge on any atom is 0.416 e. The van der Waals surface area contributed by atoms with Gasteiger partial charge >= 0.3 is 12.1 Å². The molecular weight excluding hydrogens is 343 g/mol. The largest absolute Gasteiger partial charge is 0.481 e. The first-order chi connectivity index (χ1) is 11.2. The van der Waals surface area contributed by atoms with Gasteiger partial charge in [0.25, 0.3) is 0 Å². The Kier molecular flexibility index (Phi) is 5.40. The van der Waals surface area contributed by atoms with Gasteiger partial charge < -0.3 is 9.84 Å².